The highest BCUT2D eigenvalue weighted by Crippen LogP contribution is 2.32. The number of fused-ring (bicyclic) bond motifs is 1. The summed E-state index contributed by atoms with van der Waals surface area (Å²) >= 11 is 6.19. The second kappa shape index (κ2) is 5.19. The van der Waals surface area contributed by atoms with Crippen LogP contribution in [0.4, 0.5) is 0 Å². The number of hydrogen-bond acceptors (Lipinski definition) is 2. The van der Waals surface area contributed by atoms with Gasteiger partial charge >= 0.3 is 0 Å². The molecule has 0 saturated carbocycles. The van der Waals surface area contributed by atoms with E-state index in [1.54, 1.807) is 0 Å². The van der Waals surface area contributed by atoms with Gasteiger partial charge in [-0.25, -0.2) is 4.98 Å². The van der Waals surface area contributed by atoms with E-state index >= 15 is 0 Å². The molecule has 0 spiro atoms. The lowest BCUT2D eigenvalue weighted by Gasteiger charge is -2.27. The third-order valence-corrected chi connectivity index (χ3v) is 3.70. The summed E-state index contributed by atoms with van der Waals surface area (Å²) in [5, 5.41) is 3.95. The summed E-state index contributed by atoms with van der Waals surface area (Å²) < 4.78 is 2.39. The topological polar surface area (TPSA) is 29.9 Å². The van der Waals surface area contributed by atoms with Gasteiger partial charge in [0, 0.05) is 12.5 Å². The van der Waals surface area contributed by atoms with Crippen LogP contribution in [0.25, 0.3) is 0 Å². The molecule has 0 amide bonds. The van der Waals surface area contributed by atoms with Gasteiger partial charge in [-0.3, -0.25) is 0 Å². The molecule has 16 heavy (non-hydrogen) atoms. The Kier molecular flexibility index (Phi) is 3.87. The highest BCUT2D eigenvalue weighted by Gasteiger charge is 2.24. The molecule has 0 bridgehead atoms. The molecule has 1 aliphatic rings. The molecule has 4 heteroatoms. The maximum absolute atomic E-state index is 6.19. The Morgan fingerprint density at radius 3 is 3.06 bits per heavy atom. The molecule has 1 aliphatic heterocycles. The van der Waals surface area contributed by atoms with Crippen molar-refractivity contribution in [3.05, 3.63) is 16.7 Å². The quantitative estimate of drug-likeness (QED) is 0.878. The largest absolute Gasteiger partial charge is 0.327 e. The fraction of sp³-hybridized carbons (Fsp3) is 0.750. The lowest BCUT2D eigenvalue weighted by molar-refractivity contribution is 0.366. The summed E-state index contributed by atoms with van der Waals surface area (Å²) in [6, 6.07) is 0.589. The van der Waals surface area contributed by atoms with Crippen molar-refractivity contribution in [1.29, 1.82) is 0 Å². The van der Waals surface area contributed by atoms with Crippen LogP contribution in [0, 0.1) is 0 Å². The van der Waals surface area contributed by atoms with Gasteiger partial charge in [-0.2, -0.15) is 0 Å². The van der Waals surface area contributed by atoms with Crippen molar-refractivity contribution in [2.75, 3.05) is 13.6 Å². The van der Waals surface area contributed by atoms with Crippen LogP contribution in [0.3, 0.4) is 0 Å². The van der Waals surface area contributed by atoms with Crippen molar-refractivity contribution in [3.63, 3.8) is 0 Å². The highest BCUT2D eigenvalue weighted by molar-refractivity contribution is 6.30. The maximum Gasteiger partial charge on any atom is 0.150 e. The van der Waals surface area contributed by atoms with Gasteiger partial charge in [-0.1, -0.05) is 18.5 Å². The van der Waals surface area contributed by atoms with Gasteiger partial charge in [0.15, 0.2) is 5.15 Å². The molecule has 1 atom stereocenters. The van der Waals surface area contributed by atoms with E-state index in [2.05, 4.69) is 21.8 Å². The summed E-state index contributed by atoms with van der Waals surface area (Å²) in [6.45, 7) is 3.21. The number of imidazole rings is 1. The fourth-order valence-electron chi connectivity index (χ4n) is 2.61. The second-order valence-corrected chi connectivity index (χ2v) is 4.79. The first-order valence-corrected chi connectivity index (χ1v) is 6.55. The molecule has 1 aromatic heterocycles. The van der Waals surface area contributed by atoms with Crippen molar-refractivity contribution in [2.24, 2.45) is 0 Å². The van der Waals surface area contributed by atoms with E-state index in [0.717, 1.165) is 30.4 Å². The van der Waals surface area contributed by atoms with E-state index < -0.39 is 0 Å². The Labute approximate surface area is 102 Å². The molecule has 90 valence electrons. The minimum Gasteiger partial charge on any atom is -0.327 e. The summed E-state index contributed by atoms with van der Waals surface area (Å²) in [7, 11) is 2.01. The number of rotatable bonds is 4. The Hall–Kier alpha value is -0.540. The van der Waals surface area contributed by atoms with Crippen molar-refractivity contribution >= 4 is 11.6 Å². The molecule has 1 aromatic rings. The van der Waals surface area contributed by atoms with E-state index in [1.807, 2.05) is 7.05 Å². The third-order valence-electron chi connectivity index (χ3n) is 3.39. The molecular weight excluding hydrogens is 222 g/mol. The first kappa shape index (κ1) is 11.9. The van der Waals surface area contributed by atoms with Crippen LogP contribution in [0.1, 0.15) is 43.7 Å². The summed E-state index contributed by atoms with van der Waals surface area (Å²) in [4.78, 5) is 4.48. The number of nitrogens with one attached hydrogen (secondary N) is 1. The standard InChI is InChI=1S/C12H20ClN3/c1-3-11-15-12(13)10-6-4-5-9(16(10)11)7-8-14-2/h9,14H,3-8H2,1-2H3. The minimum absolute atomic E-state index is 0.589. The van der Waals surface area contributed by atoms with E-state index in [0.29, 0.717) is 6.04 Å². The van der Waals surface area contributed by atoms with Crippen molar-refractivity contribution in [3.8, 4) is 0 Å². The smallest absolute Gasteiger partial charge is 0.150 e. The normalized spacial score (nSPS) is 19.8. The lowest BCUT2D eigenvalue weighted by Crippen LogP contribution is -2.23. The van der Waals surface area contributed by atoms with Gasteiger partial charge in [0.05, 0.1) is 5.69 Å². The molecule has 3 nitrogen and oxygen atoms in total. The minimum atomic E-state index is 0.589. The average molecular weight is 242 g/mol. The number of aryl methyl sites for hydroxylation is 1. The highest BCUT2D eigenvalue weighted by atomic mass is 35.5. The Morgan fingerprint density at radius 1 is 1.56 bits per heavy atom. The van der Waals surface area contributed by atoms with Crippen LogP contribution in [0.5, 0.6) is 0 Å². The van der Waals surface area contributed by atoms with E-state index in [9.17, 15) is 0 Å². The van der Waals surface area contributed by atoms with Crippen LogP contribution >= 0.6 is 11.6 Å². The van der Waals surface area contributed by atoms with Crippen LogP contribution in [-0.4, -0.2) is 23.1 Å². The second-order valence-electron chi connectivity index (χ2n) is 4.43. The first-order chi connectivity index (χ1) is 7.77. The number of aromatic nitrogens is 2. The lowest BCUT2D eigenvalue weighted by atomic mass is 10.00. The Bertz CT molecular complexity index is 359. The molecule has 2 rings (SSSR count). The third kappa shape index (κ3) is 2.11. The number of nitrogens with zero attached hydrogens (tertiary/aromatic N) is 2. The molecule has 1 unspecified atom stereocenters. The van der Waals surface area contributed by atoms with Crippen LogP contribution in [0.15, 0.2) is 0 Å². The first-order valence-electron chi connectivity index (χ1n) is 6.18. The van der Waals surface area contributed by atoms with Gasteiger partial charge in [0.2, 0.25) is 0 Å². The average Bonchev–Trinajstić information content (AvgIpc) is 2.64. The van der Waals surface area contributed by atoms with E-state index in [-0.39, 0.29) is 0 Å². The molecule has 0 radical (unpaired) electrons. The summed E-state index contributed by atoms with van der Waals surface area (Å²) in [5.74, 6) is 1.15. The summed E-state index contributed by atoms with van der Waals surface area (Å²) in [6.07, 6.45) is 5.72. The summed E-state index contributed by atoms with van der Waals surface area (Å²) in [5.41, 5.74) is 1.26. The van der Waals surface area contributed by atoms with E-state index in [1.165, 1.54) is 25.0 Å². The number of halogens is 1. The molecular formula is C12H20ClN3. The van der Waals surface area contributed by atoms with E-state index in [4.69, 9.17) is 11.6 Å². The van der Waals surface area contributed by atoms with Gasteiger partial charge in [-0.05, 0) is 39.3 Å². The maximum atomic E-state index is 6.19. The van der Waals surface area contributed by atoms with Crippen molar-refractivity contribution in [1.82, 2.24) is 14.9 Å². The molecule has 0 saturated heterocycles. The van der Waals surface area contributed by atoms with Crippen molar-refractivity contribution in [2.45, 2.75) is 45.1 Å². The Balaban J connectivity index is 2.28. The monoisotopic (exact) mass is 241 g/mol. The van der Waals surface area contributed by atoms with Gasteiger partial charge in [-0.15, -0.1) is 0 Å². The Morgan fingerprint density at radius 2 is 2.38 bits per heavy atom. The molecule has 1 N–H and O–H groups in total. The van der Waals surface area contributed by atoms with Crippen LogP contribution in [-0.2, 0) is 12.8 Å². The van der Waals surface area contributed by atoms with Gasteiger partial charge in [0.1, 0.15) is 5.82 Å². The zero-order valence-corrected chi connectivity index (χ0v) is 10.8. The van der Waals surface area contributed by atoms with Crippen LogP contribution in [0.2, 0.25) is 5.15 Å². The predicted molar refractivity (Wildman–Crippen MR) is 67.1 cm³/mol. The van der Waals surface area contributed by atoms with Crippen molar-refractivity contribution < 1.29 is 0 Å². The van der Waals surface area contributed by atoms with Gasteiger partial charge < -0.3 is 9.88 Å². The molecule has 2 heterocycles. The number of hydrogen-bond donors (Lipinski definition) is 1. The van der Waals surface area contributed by atoms with Crippen LogP contribution < -0.4 is 5.32 Å². The zero-order valence-electron chi connectivity index (χ0n) is 10.1. The zero-order chi connectivity index (χ0) is 11.5. The molecule has 0 fully saturated rings. The fourth-order valence-corrected chi connectivity index (χ4v) is 2.89. The molecule has 0 aromatic carbocycles. The predicted octanol–water partition coefficient (Wildman–Crippen LogP) is 2.59. The van der Waals surface area contributed by atoms with Gasteiger partial charge in [0.25, 0.3) is 0 Å². The molecule has 0 aliphatic carbocycles. The SMILES string of the molecule is CCc1nc(Cl)c2n1C(CCNC)CCC2.